The summed E-state index contributed by atoms with van der Waals surface area (Å²) in [6, 6.07) is 8.15. The quantitative estimate of drug-likeness (QED) is 0.225. The molecule has 0 aliphatic heterocycles. The second-order valence-electron chi connectivity index (χ2n) is 6.42. The molecule has 2 aromatic carbocycles. The van der Waals surface area contributed by atoms with Gasteiger partial charge in [0.1, 0.15) is 11.5 Å². The van der Waals surface area contributed by atoms with Gasteiger partial charge in [-0.15, -0.1) is 11.6 Å². The molecule has 0 atom stereocenters. The number of alkyl halides is 2. The van der Waals surface area contributed by atoms with Gasteiger partial charge in [-0.2, -0.15) is 0 Å². The molecule has 0 unspecified atom stereocenters. The molecule has 0 amide bonds. The lowest BCUT2D eigenvalue weighted by Gasteiger charge is -2.11. The molecule has 0 saturated heterocycles. The van der Waals surface area contributed by atoms with Crippen LogP contribution in [-0.2, 0) is 0 Å². The number of halogens is 4. The number of rotatable bonds is 8. The van der Waals surface area contributed by atoms with Crippen molar-refractivity contribution in [2.45, 2.75) is 40.5 Å². The SMILES string of the molecule is Cc1ccc(OCCCBr)c(C)c1Br.Cc1ccc(OCCCCl)c(C)c1Br. The van der Waals surface area contributed by atoms with Gasteiger partial charge in [0.05, 0.1) is 13.2 Å². The molecule has 6 heteroatoms. The van der Waals surface area contributed by atoms with Crippen molar-refractivity contribution in [3.63, 3.8) is 0 Å². The van der Waals surface area contributed by atoms with Crippen LogP contribution in [0.15, 0.2) is 33.2 Å². The van der Waals surface area contributed by atoms with Gasteiger partial charge in [-0.3, -0.25) is 0 Å². The average Bonchev–Trinajstić information content (AvgIpc) is 2.69. The number of hydrogen-bond acceptors (Lipinski definition) is 2. The molecule has 0 aliphatic rings. The van der Waals surface area contributed by atoms with E-state index in [0.717, 1.165) is 50.8 Å². The van der Waals surface area contributed by atoms with Gasteiger partial charge in [-0.1, -0.05) is 59.9 Å². The first kappa shape index (κ1) is 25.8. The van der Waals surface area contributed by atoms with E-state index in [1.807, 2.05) is 25.1 Å². The van der Waals surface area contributed by atoms with Gasteiger partial charge >= 0.3 is 0 Å². The molecule has 0 N–H and O–H groups in total. The summed E-state index contributed by atoms with van der Waals surface area (Å²) in [6.07, 6.45) is 1.91. The molecule has 28 heavy (non-hydrogen) atoms. The zero-order valence-corrected chi connectivity index (χ0v) is 22.4. The Morgan fingerprint density at radius 3 is 1.57 bits per heavy atom. The Morgan fingerprint density at radius 2 is 1.18 bits per heavy atom. The van der Waals surface area contributed by atoms with Gasteiger partial charge in [-0.05, 0) is 63.8 Å². The second kappa shape index (κ2) is 13.9. The van der Waals surface area contributed by atoms with Crippen molar-refractivity contribution in [2.24, 2.45) is 0 Å². The summed E-state index contributed by atoms with van der Waals surface area (Å²) in [5.41, 5.74) is 4.81. The fourth-order valence-electron chi connectivity index (χ4n) is 2.39. The lowest BCUT2D eigenvalue weighted by atomic mass is 10.1. The lowest BCUT2D eigenvalue weighted by molar-refractivity contribution is 0.316. The summed E-state index contributed by atoms with van der Waals surface area (Å²) in [4.78, 5) is 0. The van der Waals surface area contributed by atoms with Gasteiger partial charge in [-0.25, -0.2) is 0 Å². The molecule has 0 spiro atoms. The van der Waals surface area contributed by atoms with Crippen molar-refractivity contribution < 1.29 is 9.47 Å². The third-order valence-corrected chi connectivity index (χ3v) is 7.40. The van der Waals surface area contributed by atoms with Crippen LogP contribution < -0.4 is 9.47 Å². The molecule has 0 saturated carbocycles. The van der Waals surface area contributed by atoms with Crippen molar-refractivity contribution in [3.8, 4) is 11.5 Å². The van der Waals surface area contributed by atoms with E-state index in [1.165, 1.54) is 16.7 Å². The Balaban J connectivity index is 0.000000280. The summed E-state index contributed by atoms with van der Waals surface area (Å²) < 4.78 is 13.5. The van der Waals surface area contributed by atoms with E-state index < -0.39 is 0 Å². The molecular formula is C22H28Br3ClO2. The van der Waals surface area contributed by atoms with Crippen molar-refractivity contribution in [1.82, 2.24) is 0 Å². The minimum Gasteiger partial charge on any atom is -0.493 e. The van der Waals surface area contributed by atoms with E-state index in [2.05, 4.69) is 74.6 Å². The molecule has 0 heterocycles. The Kier molecular flexibility index (Phi) is 12.8. The van der Waals surface area contributed by atoms with Crippen LogP contribution in [0.3, 0.4) is 0 Å². The largest absolute Gasteiger partial charge is 0.493 e. The minimum absolute atomic E-state index is 0.645. The van der Waals surface area contributed by atoms with Crippen molar-refractivity contribution in [3.05, 3.63) is 55.5 Å². The molecule has 2 aromatic rings. The molecule has 0 radical (unpaired) electrons. The predicted octanol–water partition coefficient (Wildman–Crippen LogP) is 8.30. The van der Waals surface area contributed by atoms with Crippen molar-refractivity contribution >= 4 is 59.4 Å². The van der Waals surface area contributed by atoms with Gasteiger partial charge in [0.2, 0.25) is 0 Å². The fraction of sp³-hybridized carbons (Fsp3) is 0.455. The van der Waals surface area contributed by atoms with Crippen LogP contribution >= 0.6 is 59.4 Å². The summed E-state index contributed by atoms with van der Waals surface area (Å²) in [5, 5.41) is 0.985. The number of ether oxygens (including phenoxy) is 2. The Hall–Kier alpha value is -0.230. The van der Waals surface area contributed by atoms with Crippen molar-refractivity contribution in [1.29, 1.82) is 0 Å². The highest BCUT2D eigenvalue weighted by atomic mass is 79.9. The van der Waals surface area contributed by atoms with Crippen LogP contribution in [0.2, 0.25) is 0 Å². The van der Waals surface area contributed by atoms with Gasteiger partial charge in [0.25, 0.3) is 0 Å². The van der Waals surface area contributed by atoms with Gasteiger partial charge < -0.3 is 9.47 Å². The number of benzene rings is 2. The van der Waals surface area contributed by atoms with Gasteiger partial charge in [0, 0.05) is 31.3 Å². The standard InChI is InChI=1S/C11H14Br2O.C11H14BrClO/c1-8-4-5-10(9(2)11(8)13)14-7-3-6-12;1-8-4-5-10(9(2)11(8)12)14-7-3-6-13/h2*4-5H,3,6-7H2,1-2H3. The normalized spacial score (nSPS) is 10.3. The molecule has 2 rings (SSSR count). The van der Waals surface area contributed by atoms with Crippen LogP contribution in [-0.4, -0.2) is 24.4 Å². The zero-order chi connectivity index (χ0) is 21.1. The fourth-order valence-corrected chi connectivity index (χ4v) is 3.38. The Labute approximate surface area is 199 Å². The maximum atomic E-state index is 5.65. The smallest absolute Gasteiger partial charge is 0.123 e. The first-order valence-electron chi connectivity index (χ1n) is 9.22. The predicted molar refractivity (Wildman–Crippen MR) is 132 cm³/mol. The third kappa shape index (κ3) is 8.25. The third-order valence-electron chi connectivity index (χ3n) is 4.13. The number of aryl methyl sites for hydroxylation is 2. The summed E-state index contributed by atoms with van der Waals surface area (Å²) >= 11 is 16.0. The summed E-state index contributed by atoms with van der Waals surface area (Å²) in [6.45, 7) is 9.72. The molecule has 0 fully saturated rings. The number of hydrogen-bond donors (Lipinski definition) is 0. The average molecular weight is 600 g/mol. The minimum atomic E-state index is 0.645. The molecule has 156 valence electrons. The van der Waals surface area contributed by atoms with E-state index in [-0.39, 0.29) is 0 Å². The zero-order valence-electron chi connectivity index (χ0n) is 16.9. The first-order valence-corrected chi connectivity index (χ1v) is 12.5. The highest BCUT2D eigenvalue weighted by molar-refractivity contribution is 9.11. The van der Waals surface area contributed by atoms with Crippen LogP contribution in [0.25, 0.3) is 0 Å². The lowest BCUT2D eigenvalue weighted by Crippen LogP contribution is -2.00. The highest BCUT2D eigenvalue weighted by Crippen LogP contribution is 2.29. The maximum Gasteiger partial charge on any atom is 0.123 e. The Bertz CT molecular complexity index is 688. The highest BCUT2D eigenvalue weighted by Gasteiger charge is 2.06. The first-order chi connectivity index (χ1) is 13.3. The summed E-state index contributed by atoms with van der Waals surface area (Å²) in [5.74, 6) is 2.56. The monoisotopic (exact) mass is 596 g/mol. The van der Waals surface area contributed by atoms with E-state index in [4.69, 9.17) is 21.1 Å². The van der Waals surface area contributed by atoms with Crippen LogP contribution in [0, 0.1) is 27.7 Å². The van der Waals surface area contributed by atoms with E-state index >= 15 is 0 Å². The molecule has 0 aromatic heterocycles. The molecular weight excluding hydrogens is 571 g/mol. The second-order valence-corrected chi connectivity index (χ2v) is 9.18. The molecule has 2 nitrogen and oxygen atoms in total. The van der Waals surface area contributed by atoms with Crippen LogP contribution in [0.4, 0.5) is 0 Å². The molecule has 0 aliphatic carbocycles. The molecule has 0 bridgehead atoms. The topological polar surface area (TPSA) is 18.5 Å². The van der Waals surface area contributed by atoms with E-state index in [9.17, 15) is 0 Å². The summed E-state index contributed by atoms with van der Waals surface area (Å²) in [7, 11) is 0. The van der Waals surface area contributed by atoms with Crippen LogP contribution in [0.1, 0.15) is 35.1 Å². The van der Waals surface area contributed by atoms with Crippen LogP contribution in [0.5, 0.6) is 11.5 Å². The maximum absolute atomic E-state index is 5.65. The van der Waals surface area contributed by atoms with Crippen molar-refractivity contribution in [2.75, 3.05) is 24.4 Å². The van der Waals surface area contributed by atoms with E-state index in [1.54, 1.807) is 0 Å². The Morgan fingerprint density at radius 1 is 0.750 bits per heavy atom. The van der Waals surface area contributed by atoms with E-state index in [0.29, 0.717) is 12.5 Å². The van der Waals surface area contributed by atoms with Gasteiger partial charge in [0.15, 0.2) is 0 Å².